The van der Waals surface area contributed by atoms with Crippen molar-refractivity contribution in [1.82, 2.24) is 0 Å². The molecule has 2 aromatic carbocycles. The van der Waals surface area contributed by atoms with E-state index in [4.69, 9.17) is 26.2 Å². The molecule has 0 bridgehead atoms. The van der Waals surface area contributed by atoms with Crippen molar-refractivity contribution in [3.8, 4) is 17.6 Å². The van der Waals surface area contributed by atoms with Gasteiger partial charge in [-0.2, -0.15) is 5.26 Å². The Morgan fingerprint density at radius 3 is 2.66 bits per heavy atom. The molecule has 8 heteroatoms. The Kier molecular flexibility index (Phi) is 7.23. The summed E-state index contributed by atoms with van der Waals surface area (Å²) in [6.45, 7) is 3.16. The number of carboxylic acid groups (broad SMARTS) is 1. The van der Waals surface area contributed by atoms with E-state index in [9.17, 15) is 14.9 Å². The molecule has 0 radical (unpaired) electrons. The number of nitrogens with one attached hydrogen (secondary N) is 1. The van der Waals surface area contributed by atoms with Gasteiger partial charge in [-0.15, -0.1) is 0 Å². The third kappa shape index (κ3) is 5.50. The minimum absolute atomic E-state index is 0.115. The van der Waals surface area contributed by atoms with Crippen LogP contribution in [0.1, 0.15) is 18.1 Å². The summed E-state index contributed by atoms with van der Waals surface area (Å²) in [4.78, 5) is 23.8. The van der Waals surface area contributed by atoms with Crippen LogP contribution in [-0.2, 0) is 9.59 Å². The molecule has 0 aromatic heterocycles. The lowest BCUT2D eigenvalue weighted by Crippen LogP contribution is -2.23. The summed E-state index contributed by atoms with van der Waals surface area (Å²) >= 11 is 5.96. The van der Waals surface area contributed by atoms with Crippen molar-refractivity contribution in [1.29, 1.82) is 5.26 Å². The molecule has 0 heterocycles. The van der Waals surface area contributed by atoms with Crippen LogP contribution in [0.5, 0.6) is 11.5 Å². The molecule has 0 aliphatic heterocycles. The number of halogens is 1. The highest BCUT2D eigenvalue weighted by atomic mass is 35.5. The largest absolute Gasteiger partial charge is 0.493 e. The highest BCUT2D eigenvalue weighted by Crippen LogP contribution is 2.33. The molecule has 1 atom stereocenters. The molecule has 7 nitrogen and oxygen atoms in total. The fourth-order valence-electron chi connectivity index (χ4n) is 2.38. The molecule has 2 N–H and O–H groups in total. The molecule has 0 saturated heterocycles. The lowest BCUT2D eigenvalue weighted by molar-refractivity contribution is -0.144. The number of rotatable bonds is 7. The number of aryl methyl sites for hydroxylation is 1. The number of anilines is 1. The van der Waals surface area contributed by atoms with Crippen LogP contribution in [0, 0.1) is 18.3 Å². The maximum Gasteiger partial charge on any atom is 0.344 e. The first kappa shape index (κ1) is 21.8. The van der Waals surface area contributed by atoms with Crippen LogP contribution in [0.15, 0.2) is 42.0 Å². The summed E-state index contributed by atoms with van der Waals surface area (Å²) in [5.41, 5.74) is 1.38. The van der Waals surface area contributed by atoms with Gasteiger partial charge in [0.25, 0.3) is 5.91 Å². The Hall–Kier alpha value is -3.50. The molecule has 0 fully saturated rings. The number of carbonyl (C=O) groups is 2. The smallest absolute Gasteiger partial charge is 0.344 e. The Morgan fingerprint density at radius 1 is 1.31 bits per heavy atom. The van der Waals surface area contributed by atoms with Gasteiger partial charge in [-0.25, -0.2) is 4.79 Å². The van der Waals surface area contributed by atoms with Gasteiger partial charge in [0.15, 0.2) is 17.6 Å². The van der Waals surface area contributed by atoms with Gasteiger partial charge in [0.2, 0.25) is 0 Å². The standard InChI is InChI=1S/C21H19ClN2O5/c1-12-7-8-16(22)10-17(12)24-20(25)15(11-23)9-14-5-4-6-18(28-3)19(14)29-13(2)21(26)27/h4-10,13H,1-3H3,(H,24,25)(H,26,27)/b15-9-/t13-/m0/s1. The summed E-state index contributed by atoms with van der Waals surface area (Å²) in [6.07, 6.45) is 0.147. The Labute approximate surface area is 173 Å². The summed E-state index contributed by atoms with van der Waals surface area (Å²) < 4.78 is 10.7. The number of nitrogens with zero attached hydrogens (tertiary/aromatic N) is 1. The van der Waals surface area contributed by atoms with E-state index in [-0.39, 0.29) is 17.1 Å². The van der Waals surface area contributed by atoms with E-state index >= 15 is 0 Å². The van der Waals surface area contributed by atoms with E-state index in [1.54, 1.807) is 43.3 Å². The molecule has 1 amide bonds. The van der Waals surface area contributed by atoms with Crippen molar-refractivity contribution in [2.75, 3.05) is 12.4 Å². The lowest BCUT2D eigenvalue weighted by atomic mass is 10.1. The van der Waals surface area contributed by atoms with Gasteiger partial charge in [0, 0.05) is 16.3 Å². The summed E-state index contributed by atoms with van der Waals surface area (Å²) in [6, 6.07) is 11.7. The molecule has 150 valence electrons. The first-order chi connectivity index (χ1) is 13.8. The Bertz CT molecular complexity index is 1010. The van der Waals surface area contributed by atoms with Gasteiger partial charge in [-0.1, -0.05) is 29.8 Å². The number of carbonyl (C=O) groups excluding carboxylic acids is 1. The first-order valence-corrected chi connectivity index (χ1v) is 8.90. The molecular formula is C21H19ClN2O5. The lowest BCUT2D eigenvalue weighted by Gasteiger charge is -2.16. The number of amides is 1. The normalized spacial score (nSPS) is 11.9. The number of nitriles is 1. The number of aliphatic carboxylic acids is 1. The average molecular weight is 415 g/mol. The molecule has 2 aromatic rings. The van der Waals surface area contributed by atoms with Crippen LogP contribution in [0.3, 0.4) is 0 Å². The second-order valence-electron chi connectivity index (χ2n) is 6.06. The SMILES string of the molecule is COc1cccc(/C=C(/C#N)C(=O)Nc2cc(Cl)ccc2C)c1O[C@@H](C)C(=O)O. The van der Waals surface area contributed by atoms with E-state index in [1.165, 1.54) is 20.1 Å². The van der Waals surface area contributed by atoms with E-state index in [1.807, 2.05) is 6.07 Å². The van der Waals surface area contributed by atoms with Crippen molar-refractivity contribution < 1.29 is 24.2 Å². The van der Waals surface area contributed by atoms with Crippen molar-refractivity contribution in [3.05, 3.63) is 58.1 Å². The fraction of sp³-hybridized carbons (Fsp3) is 0.190. The van der Waals surface area contributed by atoms with E-state index in [0.717, 1.165) is 5.56 Å². The number of carboxylic acids is 1. The quantitative estimate of drug-likeness (QED) is 0.522. The van der Waals surface area contributed by atoms with E-state index in [2.05, 4.69) is 5.32 Å². The maximum atomic E-state index is 12.6. The van der Waals surface area contributed by atoms with Crippen LogP contribution < -0.4 is 14.8 Å². The predicted molar refractivity (Wildman–Crippen MR) is 109 cm³/mol. The maximum absolute atomic E-state index is 12.6. The third-order valence-electron chi connectivity index (χ3n) is 3.98. The third-order valence-corrected chi connectivity index (χ3v) is 4.22. The topological polar surface area (TPSA) is 109 Å². The Morgan fingerprint density at radius 2 is 2.03 bits per heavy atom. The molecule has 0 spiro atoms. The molecule has 2 rings (SSSR count). The van der Waals surface area contributed by atoms with Crippen LogP contribution in [0.2, 0.25) is 5.02 Å². The summed E-state index contributed by atoms with van der Waals surface area (Å²) in [5.74, 6) is -1.42. The first-order valence-electron chi connectivity index (χ1n) is 8.52. The number of para-hydroxylation sites is 1. The number of hydrogen-bond acceptors (Lipinski definition) is 5. The zero-order valence-electron chi connectivity index (χ0n) is 16.0. The molecule has 0 unspecified atom stereocenters. The van der Waals surface area contributed by atoms with Gasteiger partial charge < -0.3 is 19.9 Å². The minimum atomic E-state index is -1.17. The van der Waals surface area contributed by atoms with Gasteiger partial charge in [-0.3, -0.25) is 4.79 Å². The fourth-order valence-corrected chi connectivity index (χ4v) is 2.56. The Balaban J connectivity index is 2.42. The molecule has 0 aliphatic carbocycles. The van der Waals surface area contributed by atoms with Gasteiger partial charge in [-0.05, 0) is 43.7 Å². The molecule has 0 aliphatic rings. The number of hydrogen-bond donors (Lipinski definition) is 2. The molecular weight excluding hydrogens is 396 g/mol. The van der Waals surface area contributed by atoms with Crippen LogP contribution >= 0.6 is 11.6 Å². The van der Waals surface area contributed by atoms with Gasteiger partial charge in [0.1, 0.15) is 11.6 Å². The van der Waals surface area contributed by atoms with E-state index in [0.29, 0.717) is 16.3 Å². The van der Waals surface area contributed by atoms with Crippen LogP contribution in [-0.4, -0.2) is 30.2 Å². The van der Waals surface area contributed by atoms with Crippen LogP contribution in [0.4, 0.5) is 5.69 Å². The monoisotopic (exact) mass is 414 g/mol. The second kappa shape index (κ2) is 9.62. The number of benzene rings is 2. The molecule has 29 heavy (non-hydrogen) atoms. The number of methoxy groups -OCH3 is 1. The summed E-state index contributed by atoms with van der Waals surface area (Å²) in [5, 5.41) is 21.7. The van der Waals surface area contributed by atoms with Gasteiger partial charge in [0.05, 0.1) is 7.11 Å². The summed E-state index contributed by atoms with van der Waals surface area (Å²) in [7, 11) is 1.40. The molecule has 0 saturated carbocycles. The predicted octanol–water partition coefficient (Wildman–Crippen LogP) is 4.05. The highest BCUT2D eigenvalue weighted by molar-refractivity contribution is 6.31. The van der Waals surface area contributed by atoms with E-state index < -0.39 is 18.0 Å². The van der Waals surface area contributed by atoms with Gasteiger partial charge >= 0.3 is 5.97 Å². The minimum Gasteiger partial charge on any atom is -0.493 e. The van der Waals surface area contributed by atoms with Crippen molar-refractivity contribution in [2.45, 2.75) is 20.0 Å². The number of ether oxygens (including phenoxy) is 2. The zero-order valence-corrected chi connectivity index (χ0v) is 16.8. The second-order valence-corrected chi connectivity index (χ2v) is 6.50. The average Bonchev–Trinajstić information content (AvgIpc) is 2.69. The van der Waals surface area contributed by atoms with Crippen LogP contribution in [0.25, 0.3) is 6.08 Å². The van der Waals surface area contributed by atoms with Crippen molar-refractivity contribution in [3.63, 3.8) is 0 Å². The highest BCUT2D eigenvalue weighted by Gasteiger charge is 2.19. The zero-order chi connectivity index (χ0) is 21.6. The van der Waals surface area contributed by atoms with Crippen molar-refractivity contribution >= 4 is 35.2 Å². The van der Waals surface area contributed by atoms with Crippen molar-refractivity contribution in [2.24, 2.45) is 0 Å².